The molecule has 0 heterocycles. The second-order valence-electron chi connectivity index (χ2n) is 4.70. The Labute approximate surface area is 135 Å². The molecule has 0 aromatic heterocycles. The minimum Gasteiger partial charge on any atom is -0.0776 e. The zero-order chi connectivity index (χ0) is 15.4. The van der Waals surface area contributed by atoms with Crippen molar-refractivity contribution in [1.29, 1.82) is 0 Å². The number of fused-ring (bicyclic) bond motifs is 3. The van der Waals surface area contributed by atoms with Gasteiger partial charge in [-0.1, -0.05) is 89.7 Å². The smallest absolute Gasteiger partial charge is 0.00237 e. The van der Waals surface area contributed by atoms with Crippen molar-refractivity contribution < 1.29 is 0 Å². The van der Waals surface area contributed by atoms with E-state index >= 15 is 0 Å². The Hall–Kier alpha value is -2.08. The molecule has 0 radical (unpaired) electrons. The first-order chi connectivity index (χ1) is 10.4. The van der Waals surface area contributed by atoms with Gasteiger partial charge >= 0.3 is 0 Å². The van der Waals surface area contributed by atoms with Crippen LogP contribution >= 0.6 is 0 Å². The third kappa shape index (κ3) is 2.66. The molecule has 0 heteroatoms. The first-order valence-corrected chi connectivity index (χ1v) is 7.98. The quantitative estimate of drug-likeness (QED) is 0.315. The van der Waals surface area contributed by atoms with E-state index in [-0.39, 0.29) is 7.43 Å². The number of hydrogen-bond donors (Lipinski definition) is 0. The Morgan fingerprint density at radius 2 is 1.05 bits per heavy atom. The minimum atomic E-state index is 0. The highest BCUT2D eigenvalue weighted by Crippen LogP contribution is 2.47. The lowest BCUT2D eigenvalue weighted by atomic mass is 9.99. The average molecular weight is 292 g/mol. The summed E-state index contributed by atoms with van der Waals surface area (Å²) in [5.41, 5.74) is 6.88. The molecule has 0 spiro atoms. The van der Waals surface area contributed by atoms with Gasteiger partial charge < -0.3 is 0 Å². The maximum Gasteiger partial charge on any atom is -0.00237 e. The van der Waals surface area contributed by atoms with Crippen molar-refractivity contribution in [3.8, 4) is 22.3 Å². The Morgan fingerprint density at radius 3 is 1.64 bits per heavy atom. The molecule has 0 aliphatic heterocycles. The molecule has 0 N–H and O–H groups in total. The number of aryl methyl sites for hydroxylation is 1. The summed E-state index contributed by atoms with van der Waals surface area (Å²) in [6.45, 7) is 10.2. The molecular formula is C22H28. The molecule has 0 nitrogen and oxygen atoms in total. The predicted molar refractivity (Wildman–Crippen MR) is 103 cm³/mol. The Kier molecular flexibility index (Phi) is 6.37. The van der Waals surface area contributed by atoms with Crippen LogP contribution in [0.15, 0.2) is 54.6 Å². The Balaban J connectivity index is 0.000000451. The summed E-state index contributed by atoms with van der Waals surface area (Å²) in [4.78, 5) is 0. The van der Waals surface area contributed by atoms with Crippen molar-refractivity contribution in [2.45, 2.75) is 42.0 Å². The monoisotopic (exact) mass is 292 g/mol. The topological polar surface area (TPSA) is 0 Å². The van der Waals surface area contributed by atoms with Crippen LogP contribution in [0.4, 0.5) is 0 Å². The van der Waals surface area contributed by atoms with Gasteiger partial charge in [-0.2, -0.15) is 0 Å². The molecule has 1 aliphatic rings. The molecule has 0 bridgehead atoms. The lowest BCUT2D eigenvalue weighted by molar-refractivity contribution is 1.50. The maximum absolute atomic E-state index is 2.26. The van der Waals surface area contributed by atoms with Crippen molar-refractivity contribution in [3.63, 3.8) is 0 Å². The highest BCUT2D eigenvalue weighted by Gasteiger charge is 2.20. The van der Waals surface area contributed by atoms with Crippen LogP contribution in [-0.2, 0) is 0 Å². The van der Waals surface area contributed by atoms with Crippen LogP contribution in [0.3, 0.4) is 0 Å². The molecule has 4 rings (SSSR count). The molecule has 0 saturated carbocycles. The predicted octanol–water partition coefficient (Wildman–Crippen LogP) is 7.48. The van der Waals surface area contributed by atoms with Gasteiger partial charge in [0.15, 0.2) is 0 Å². The maximum atomic E-state index is 2.26. The zero-order valence-corrected chi connectivity index (χ0v) is 13.7. The fourth-order valence-electron chi connectivity index (χ4n) is 2.95. The van der Waals surface area contributed by atoms with Crippen LogP contribution in [0.2, 0.25) is 0 Å². The van der Waals surface area contributed by atoms with E-state index in [1.165, 1.54) is 38.6 Å². The van der Waals surface area contributed by atoms with Gasteiger partial charge in [-0.3, -0.25) is 0 Å². The second kappa shape index (κ2) is 7.79. The summed E-state index contributed by atoms with van der Waals surface area (Å²) < 4.78 is 0. The van der Waals surface area contributed by atoms with Crippen molar-refractivity contribution in [3.05, 3.63) is 60.2 Å². The van der Waals surface area contributed by atoms with Crippen LogP contribution in [0.5, 0.6) is 0 Å². The van der Waals surface area contributed by atoms with Gasteiger partial charge in [-0.25, -0.2) is 0 Å². The van der Waals surface area contributed by atoms with Crippen molar-refractivity contribution in [2.75, 3.05) is 0 Å². The summed E-state index contributed by atoms with van der Waals surface area (Å²) in [7, 11) is 0. The molecule has 0 saturated heterocycles. The third-order valence-electron chi connectivity index (χ3n) is 3.77. The van der Waals surface area contributed by atoms with E-state index in [0.717, 1.165) is 0 Å². The minimum absolute atomic E-state index is 0. The van der Waals surface area contributed by atoms with E-state index in [9.17, 15) is 0 Å². The van der Waals surface area contributed by atoms with E-state index in [4.69, 9.17) is 0 Å². The van der Waals surface area contributed by atoms with E-state index in [1.807, 2.05) is 27.7 Å². The van der Waals surface area contributed by atoms with Gasteiger partial charge in [0.1, 0.15) is 0 Å². The summed E-state index contributed by atoms with van der Waals surface area (Å²) in [6, 6.07) is 19.8. The van der Waals surface area contributed by atoms with Gasteiger partial charge in [0.05, 0.1) is 0 Å². The molecule has 22 heavy (non-hydrogen) atoms. The van der Waals surface area contributed by atoms with E-state index in [2.05, 4.69) is 61.5 Å². The normalized spacial score (nSPS) is 9.68. The molecule has 0 amide bonds. The van der Waals surface area contributed by atoms with Crippen molar-refractivity contribution in [1.82, 2.24) is 0 Å². The average Bonchev–Trinajstić information content (AvgIpc) is 2.91. The SMILES string of the molecule is C.CC.CC.Cc1ccc2c3c(cccc13)-c1ccccc1-2. The van der Waals surface area contributed by atoms with Crippen LogP contribution in [0.1, 0.15) is 40.7 Å². The van der Waals surface area contributed by atoms with Gasteiger partial charge in [0, 0.05) is 0 Å². The lowest BCUT2D eigenvalue weighted by Gasteiger charge is -2.04. The first-order valence-electron chi connectivity index (χ1n) is 7.98. The van der Waals surface area contributed by atoms with Gasteiger partial charge in [-0.15, -0.1) is 0 Å². The summed E-state index contributed by atoms with van der Waals surface area (Å²) in [5, 5.41) is 2.81. The lowest BCUT2D eigenvalue weighted by Crippen LogP contribution is -1.79. The first kappa shape index (κ1) is 18.0. The number of hydrogen-bond acceptors (Lipinski definition) is 0. The fourth-order valence-corrected chi connectivity index (χ4v) is 2.95. The molecule has 0 atom stereocenters. The molecule has 3 aromatic carbocycles. The Bertz CT molecular complexity index is 722. The molecule has 0 unspecified atom stereocenters. The third-order valence-corrected chi connectivity index (χ3v) is 3.77. The van der Waals surface area contributed by atoms with E-state index in [0.29, 0.717) is 0 Å². The van der Waals surface area contributed by atoms with Gasteiger partial charge in [0.25, 0.3) is 0 Å². The number of rotatable bonds is 0. The highest BCUT2D eigenvalue weighted by molar-refractivity contribution is 6.15. The molecule has 0 fully saturated rings. The van der Waals surface area contributed by atoms with Gasteiger partial charge in [0.2, 0.25) is 0 Å². The molecular weight excluding hydrogens is 264 g/mol. The standard InChI is InChI=1S/C17H12.2C2H6.CH4/c1-11-9-10-16-14-6-3-2-5-13(14)15-8-4-7-12(11)17(15)16;2*1-2;/h2-10H,1H3;2*1-2H3;1H4. The second-order valence-corrected chi connectivity index (χ2v) is 4.70. The van der Waals surface area contributed by atoms with Crippen LogP contribution in [0, 0.1) is 6.92 Å². The van der Waals surface area contributed by atoms with E-state index < -0.39 is 0 Å². The molecule has 1 aliphatic carbocycles. The van der Waals surface area contributed by atoms with Crippen molar-refractivity contribution in [2.24, 2.45) is 0 Å². The zero-order valence-electron chi connectivity index (χ0n) is 13.7. The largest absolute Gasteiger partial charge is 0.0776 e. The van der Waals surface area contributed by atoms with Crippen LogP contribution in [-0.4, -0.2) is 0 Å². The Morgan fingerprint density at radius 1 is 0.545 bits per heavy atom. The fraction of sp³-hybridized carbons (Fsp3) is 0.273. The number of benzene rings is 3. The molecule has 3 aromatic rings. The summed E-state index contributed by atoms with van der Waals surface area (Å²) in [5.74, 6) is 0. The summed E-state index contributed by atoms with van der Waals surface area (Å²) in [6.07, 6.45) is 0. The highest BCUT2D eigenvalue weighted by atomic mass is 14.2. The van der Waals surface area contributed by atoms with Crippen LogP contribution in [0.25, 0.3) is 33.0 Å². The van der Waals surface area contributed by atoms with Crippen molar-refractivity contribution >= 4 is 10.8 Å². The van der Waals surface area contributed by atoms with Gasteiger partial charge in [-0.05, 0) is 45.5 Å². The van der Waals surface area contributed by atoms with E-state index in [1.54, 1.807) is 0 Å². The summed E-state index contributed by atoms with van der Waals surface area (Å²) >= 11 is 0. The van der Waals surface area contributed by atoms with Crippen LogP contribution < -0.4 is 0 Å². The molecule has 116 valence electrons.